The van der Waals surface area contributed by atoms with Gasteiger partial charge >= 0.3 is 0 Å². The quantitative estimate of drug-likeness (QED) is 0.417. The smallest absolute Gasteiger partial charge is 0.0549 e. The van der Waals surface area contributed by atoms with E-state index in [4.69, 9.17) is 23.2 Å². The molecule has 0 unspecified atom stereocenters. The summed E-state index contributed by atoms with van der Waals surface area (Å²) in [5.74, 6) is 0. The summed E-state index contributed by atoms with van der Waals surface area (Å²) in [6.07, 6.45) is 0. The van der Waals surface area contributed by atoms with Crippen molar-refractivity contribution >= 4 is 57.4 Å². The van der Waals surface area contributed by atoms with Crippen LogP contribution in [-0.4, -0.2) is 11.4 Å². The molecule has 0 atom stereocenters. The van der Waals surface area contributed by atoms with Gasteiger partial charge in [0.25, 0.3) is 0 Å². The maximum atomic E-state index is 6.56. The molecule has 0 bridgehead atoms. The summed E-state index contributed by atoms with van der Waals surface area (Å²) in [5, 5.41) is 10.3. The predicted molar refractivity (Wildman–Crippen MR) is 122 cm³/mol. The van der Waals surface area contributed by atoms with Crippen LogP contribution in [0.5, 0.6) is 0 Å². The molecule has 0 aliphatic carbocycles. The molecule has 3 rings (SSSR count). The van der Waals surface area contributed by atoms with E-state index in [2.05, 4.69) is 20.6 Å². The van der Waals surface area contributed by atoms with Crippen LogP contribution in [0.25, 0.3) is 10.6 Å². The molecule has 2 aromatic carbocycles. The molecule has 0 spiro atoms. The third-order valence-corrected chi connectivity index (χ3v) is 5.28. The van der Waals surface area contributed by atoms with Crippen LogP contribution in [0.15, 0.2) is 80.0 Å². The Morgan fingerprint density at radius 3 is 1.36 bits per heavy atom. The molecule has 0 saturated heterocycles. The molecule has 2 aromatic rings. The monoisotopic (exact) mass is 410 g/mol. The molecule has 0 N–H and O–H groups in total. The van der Waals surface area contributed by atoms with Gasteiger partial charge in [-0.05, 0) is 26.0 Å². The van der Waals surface area contributed by atoms with E-state index in [9.17, 15) is 0 Å². The summed E-state index contributed by atoms with van der Waals surface area (Å²) < 4.78 is 0. The lowest BCUT2D eigenvalue weighted by Gasteiger charge is -2.29. The Kier molecular flexibility index (Phi) is 6.22. The first-order valence-electron chi connectivity index (χ1n) is 8.82. The van der Waals surface area contributed by atoms with Crippen molar-refractivity contribution in [2.24, 2.45) is 9.98 Å². The predicted octanol–water partition coefficient (Wildman–Crippen LogP) is 8.54. The van der Waals surface area contributed by atoms with Crippen LogP contribution in [0.3, 0.4) is 0 Å². The van der Waals surface area contributed by atoms with Gasteiger partial charge in [-0.1, -0.05) is 73.4 Å². The number of nitrogens with zero attached hydrogens (tertiary/aromatic N) is 4. The van der Waals surface area contributed by atoms with Gasteiger partial charge in [0.15, 0.2) is 0 Å². The van der Waals surface area contributed by atoms with Crippen LogP contribution < -0.4 is 0 Å². The molecule has 144 valence electrons. The highest BCUT2D eigenvalue weighted by Crippen LogP contribution is 2.39. The molecule has 1 aliphatic heterocycles. The zero-order chi connectivity index (χ0) is 20.3. The molecule has 0 saturated carbocycles. The molecule has 0 fully saturated rings. The van der Waals surface area contributed by atoms with Gasteiger partial charge in [0.2, 0.25) is 0 Å². The van der Waals surface area contributed by atoms with E-state index in [0.717, 1.165) is 0 Å². The Morgan fingerprint density at radius 2 is 0.964 bits per heavy atom. The second kappa shape index (κ2) is 8.63. The number of para-hydroxylation sites is 4. The fourth-order valence-corrected chi connectivity index (χ4v) is 2.92. The van der Waals surface area contributed by atoms with Crippen molar-refractivity contribution < 1.29 is 0 Å². The van der Waals surface area contributed by atoms with Crippen molar-refractivity contribution in [2.75, 3.05) is 0 Å². The lowest BCUT2D eigenvalue weighted by Crippen LogP contribution is -1.96. The molecular formula is C22H20Cl2N4-2. The minimum Gasteiger partial charge on any atom is -0.659 e. The normalized spacial score (nSPS) is 20.6. The number of halogens is 2. The standard InChI is InChI=1S/C22H20Cl2N4/c1-13-21(23)14(2)26-19-11-7-8-12-20(19)28-16(4)22(24)15(3)27-18-10-6-5-9-17(18)25-13/h5-12H,1-4H3/q-2/b21-13+,22-16+,26-14?,27-15?. The highest BCUT2D eigenvalue weighted by Gasteiger charge is 2.04. The van der Waals surface area contributed by atoms with Gasteiger partial charge in [-0.15, -0.1) is 22.8 Å². The second-order valence-corrected chi connectivity index (χ2v) is 7.15. The van der Waals surface area contributed by atoms with Gasteiger partial charge in [-0.3, -0.25) is 9.98 Å². The fraction of sp³-hybridized carbons (Fsp3) is 0.182. The summed E-state index contributed by atoms with van der Waals surface area (Å²) in [7, 11) is 0. The van der Waals surface area contributed by atoms with E-state index in [-0.39, 0.29) is 0 Å². The number of aliphatic imine (C=N–C) groups is 2. The van der Waals surface area contributed by atoms with Gasteiger partial charge < -0.3 is 10.6 Å². The van der Waals surface area contributed by atoms with Gasteiger partial charge in [0.1, 0.15) is 0 Å². The Labute approximate surface area is 175 Å². The van der Waals surface area contributed by atoms with Crippen molar-refractivity contribution in [1.29, 1.82) is 0 Å². The van der Waals surface area contributed by atoms with E-state index < -0.39 is 0 Å². The zero-order valence-electron chi connectivity index (χ0n) is 16.2. The first-order valence-corrected chi connectivity index (χ1v) is 9.58. The Morgan fingerprint density at radius 1 is 0.607 bits per heavy atom. The van der Waals surface area contributed by atoms with Crippen molar-refractivity contribution in [1.82, 2.24) is 0 Å². The number of hydrogen-bond donors (Lipinski definition) is 0. The Balaban J connectivity index is 2.23. The number of fused-ring (bicyclic) bond motifs is 2. The van der Waals surface area contributed by atoms with Crippen molar-refractivity contribution in [2.45, 2.75) is 27.7 Å². The lowest BCUT2D eigenvalue weighted by molar-refractivity contribution is 1.38. The van der Waals surface area contributed by atoms with Crippen LogP contribution in [0, 0.1) is 0 Å². The molecule has 0 radical (unpaired) electrons. The molecule has 1 aliphatic rings. The first kappa shape index (κ1) is 20.2. The number of benzene rings is 2. The zero-order valence-corrected chi connectivity index (χ0v) is 17.7. The minimum atomic E-state index is 0.493. The topological polar surface area (TPSA) is 52.9 Å². The molecular weight excluding hydrogens is 391 g/mol. The lowest BCUT2D eigenvalue weighted by atomic mass is 10.2. The van der Waals surface area contributed by atoms with E-state index in [1.807, 2.05) is 76.2 Å². The molecule has 4 nitrogen and oxygen atoms in total. The average molecular weight is 411 g/mol. The molecule has 28 heavy (non-hydrogen) atoms. The summed E-state index contributed by atoms with van der Waals surface area (Å²) in [5.41, 5.74) is 5.48. The Bertz CT molecular complexity index is 949. The summed E-state index contributed by atoms with van der Waals surface area (Å²) in [4.78, 5) is 9.34. The third kappa shape index (κ3) is 4.46. The molecule has 1 heterocycles. The van der Waals surface area contributed by atoms with Crippen LogP contribution >= 0.6 is 23.2 Å². The highest BCUT2D eigenvalue weighted by atomic mass is 35.5. The summed E-state index contributed by atoms with van der Waals surface area (Å²) in [6.45, 7) is 7.42. The van der Waals surface area contributed by atoms with Crippen LogP contribution in [-0.2, 0) is 0 Å². The first-order chi connectivity index (χ1) is 13.4. The number of allylic oxidation sites excluding steroid dienone is 4. The van der Waals surface area contributed by atoms with Gasteiger partial charge in [0, 0.05) is 21.4 Å². The molecule has 6 heteroatoms. The minimum absolute atomic E-state index is 0.493. The second-order valence-electron chi connectivity index (χ2n) is 6.39. The van der Waals surface area contributed by atoms with Crippen LogP contribution in [0.1, 0.15) is 27.7 Å². The summed E-state index contributed by atoms with van der Waals surface area (Å²) in [6, 6.07) is 15.2. The SMILES string of the molecule is CC1=Nc2ccccc2[N-]/C(C)=C(/Cl)C(C)=Nc2ccccc2[N-]/C(C)=C\1Cl. The average Bonchev–Trinajstić information content (AvgIpc) is 2.68. The van der Waals surface area contributed by atoms with Crippen LogP contribution in [0.2, 0.25) is 0 Å². The van der Waals surface area contributed by atoms with E-state index >= 15 is 0 Å². The maximum absolute atomic E-state index is 6.56. The van der Waals surface area contributed by atoms with Crippen molar-refractivity contribution in [3.8, 4) is 0 Å². The van der Waals surface area contributed by atoms with Gasteiger partial charge in [-0.25, -0.2) is 0 Å². The van der Waals surface area contributed by atoms with E-state index in [0.29, 0.717) is 55.6 Å². The molecule has 0 aromatic heterocycles. The van der Waals surface area contributed by atoms with Crippen LogP contribution in [0.4, 0.5) is 22.7 Å². The largest absolute Gasteiger partial charge is 0.659 e. The Hall–Kier alpha value is -2.56. The van der Waals surface area contributed by atoms with Crippen molar-refractivity contribution in [3.05, 3.63) is 80.6 Å². The number of hydrogen-bond acceptors (Lipinski definition) is 2. The maximum Gasteiger partial charge on any atom is 0.0549 e. The summed E-state index contributed by atoms with van der Waals surface area (Å²) >= 11 is 13.1. The highest BCUT2D eigenvalue weighted by molar-refractivity contribution is 6.44. The van der Waals surface area contributed by atoms with Gasteiger partial charge in [-0.2, -0.15) is 0 Å². The van der Waals surface area contributed by atoms with Gasteiger partial charge in [0.05, 0.1) is 11.4 Å². The third-order valence-electron chi connectivity index (χ3n) is 4.19. The number of rotatable bonds is 0. The fourth-order valence-electron chi connectivity index (χ4n) is 2.75. The van der Waals surface area contributed by atoms with Crippen molar-refractivity contribution in [3.63, 3.8) is 0 Å². The molecule has 0 amide bonds. The van der Waals surface area contributed by atoms with E-state index in [1.165, 1.54) is 0 Å². The van der Waals surface area contributed by atoms with E-state index in [1.54, 1.807) is 0 Å².